The monoisotopic (exact) mass is 1180 g/mol. The topological polar surface area (TPSA) is 25.4 Å². The van der Waals surface area contributed by atoms with Gasteiger partial charge in [0.15, 0.2) is 0 Å². The van der Waals surface area contributed by atoms with Crippen molar-refractivity contribution in [3.05, 3.63) is 315 Å². The van der Waals surface area contributed by atoms with Crippen molar-refractivity contribution in [1.29, 1.82) is 0 Å². The zero-order valence-corrected chi connectivity index (χ0v) is 50.4. The summed E-state index contributed by atoms with van der Waals surface area (Å²) < 4.78 is 7.45. The van der Waals surface area contributed by atoms with Gasteiger partial charge in [-0.15, -0.1) is 0 Å². The lowest BCUT2D eigenvalue weighted by atomic mass is 9.33. The maximum atomic E-state index is 7.45. The van der Waals surface area contributed by atoms with E-state index in [-0.39, 0.29) is 20.1 Å². The van der Waals surface area contributed by atoms with Gasteiger partial charge in [-0.2, -0.15) is 0 Å². The molecule has 6 heterocycles. The zero-order valence-electron chi connectivity index (χ0n) is 50.4. The van der Waals surface area contributed by atoms with E-state index in [0.29, 0.717) is 0 Å². The average molecular weight is 1180 g/mol. The van der Waals surface area contributed by atoms with Crippen molar-refractivity contribution in [2.75, 3.05) is 24.5 Å². The van der Waals surface area contributed by atoms with E-state index in [4.69, 9.17) is 4.74 Å². The second-order valence-electron chi connectivity index (χ2n) is 25.4. The maximum Gasteiger partial charge on any atom is 0.256 e. The number of para-hydroxylation sites is 8. The summed E-state index contributed by atoms with van der Waals surface area (Å²) in [5.41, 5.74) is 28.6. The summed E-state index contributed by atoms with van der Waals surface area (Å²) in [5.74, 6) is 1.76. The lowest BCUT2D eigenvalue weighted by Gasteiger charge is -2.44. The Balaban J connectivity index is 0.899. The van der Waals surface area contributed by atoms with Gasteiger partial charge in [0.05, 0.1) is 0 Å². The highest BCUT2D eigenvalue weighted by atomic mass is 16.5. The molecule has 0 saturated heterocycles. The van der Waals surface area contributed by atoms with Crippen molar-refractivity contribution in [1.82, 2.24) is 0 Å². The third-order valence-corrected chi connectivity index (χ3v) is 20.8. The number of nitrogens with zero attached hydrogens (tertiary/aromatic N) is 5. The van der Waals surface area contributed by atoms with Crippen LogP contribution in [0.2, 0.25) is 0 Å². The minimum atomic E-state index is -0.106. The Kier molecular flexibility index (Phi) is 10.6. The van der Waals surface area contributed by atoms with Crippen molar-refractivity contribution in [3.63, 3.8) is 0 Å². The fraction of sp³-hybridized carbons (Fsp3) is 0. The number of hydrogen-bond donors (Lipinski definition) is 0. The first kappa shape index (κ1) is 50.9. The molecule has 0 atom stereocenters. The summed E-state index contributed by atoms with van der Waals surface area (Å²) in [7, 11) is 0. The molecular formula is C84H52B3N5O. The van der Waals surface area contributed by atoms with Gasteiger partial charge in [0.25, 0.3) is 20.1 Å². The predicted molar refractivity (Wildman–Crippen MR) is 393 cm³/mol. The number of anilines is 15. The molecule has 6 nitrogen and oxygen atoms in total. The highest BCUT2D eigenvalue weighted by Crippen LogP contribution is 2.51. The van der Waals surface area contributed by atoms with Crippen LogP contribution in [0.4, 0.5) is 85.3 Å². The van der Waals surface area contributed by atoms with Crippen LogP contribution in [0.1, 0.15) is 0 Å². The van der Waals surface area contributed by atoms with Gasteiger partial charge in [-0.1, -0.05) is 182 Å². The maximum absolute atomic E-state index is 7.45. The van der Waals surface area contributed by atoms with Crippen LogP contribution in [0.15, 0.2) is 315 Å². The largest absolute Gasteiger partial charge is 0.458 e. The molecule has 0 amide bonds. The smallest absolute Gasteiger partial charge is 0.256 e. The standard InChI is InChI=1S/C84H52B3N5O/c1-6-25-53(26-7-1)88-70-38-19-16-35-64(70)85-67-47-58-59-48-68-79(92(57-33-14-5-15-34-57)76-44-23-42-74-83(76)86(68)65-36-17-20-39-71(65)89(74)54-27-8-2-9-28-54)51-62(59)63-52-81-69(49-60(63)61(58)50-78(67)91(56-31-12-4-13-32-56)75-43-22-41-73(88)82(75)85)87-66-37-18-21-40-72(66)90(55-29-10-3-11-30-55)77-45-24-46-80(93-81)84(77)87/h1-52H. The van der Waals surface area contributed by atoms with Crippen LogP contribution in [0, 0.1) is 0 Å². The van der Waals surface area contributed by atoms with E-state index in [2.05, 4.69) is 340 Å². The predicted octanol–water partition coefficient (Wildman–Crippen LogP) is 15.7. The molecule has 6 aliphatic rings. The third-order valence-electron chi connectivity index (χ3n) is 20.8. The fourth-order valence-electron chi connectivity index (χ4n) is 17.2. The summed E-state index contributed by atoms with van der Waals surface area (Å²) >= 11 is 0. The molecule has 0 fully saturated rings. The zero-order chi connectivity index (χ0) is 60.6. The normalized spacial score (nSPS) is 13.9. The molecule has 0 radical (unpaired) electrons. The van der Waals surface area contributed by atoms with Gasteiger partial charge in [-0.05, 0) is 215 Å². The lowest BCUT2D eigenvalue weighted by Crippen LogP contribution is -2.61. The lowest BCUT2D eigenvalue weighted by molar-refractivity contribution is 0.488. The van der Waals surface area contributed by atoms with Crippen LogP contribution in [0.25, 0.3) is 32.3 Å². The van der Waals surface area contributed by atoms with Crippen LogP contribution in [-0.2, 0) is 0 Å². The van der Waals surface area contributed by atoms with Gasteiger partial charge >= 0.3 is 0 Å². The van der Waals surface area contributed by atoms with Gasteiger partial charge in [-0.3, -0.25) is 0 Å². The van der Waals surface area contributed by atoms with Gasteiger partial charge < -0.3 is 29.2 Å². The molecule has 15 aromatic carbocycles. The Morgan fingerprint density at radius 2 is 0.452 bits per heavy atom. The molecule has 6 aliphatic heterocycles. The first-order chi connectivity index (χ1) is 46.2. The Morgan fingerprint density at radius 3 is 0.828 bits per heavy atom. The number of benzene rings is 15. The Morgan fingerprint density at radius 1 is 0.183 bits per heavy atom. The number of rotatable bonds is 5. The second kappa shape index (κ2) is 19.3. The van der Waals surface area contributed by atoms with E-state index >= 15 is 0 Å². The number of ether oxygens (including phenoxy) is 1. The summed E-state index contributed by atoms with van der Waals surface area (Å²) in [6, 6.07) is 118. The van der Waals surface area contributed by atoms with E-state index in [1.807, 2.05) is 0 Å². The molecular weight excluding hydrogens is 1130 g/mol. The van der Waals surface area contributed by atoms with Crippen molar-refractivity contribution in [2.24, 2.45) is 0 Å². The van der Waals surface area contributed by atoms with Crippen LogP contribution in [0.5, 0.6) is 11.5 Å². The molecule has 0 unspecified atom stereocenters. The number of hydrogen-bond acceptors (Lipinski definition) is 6. The molecule has 21 rings (SSSR count). The SMILES string of the molecule is c1ccc(N2c3ccccc3B3c4cc5c(cc4Oc4cccc2c43)c2cc3c(cc2c2cc4c(cc52)N(c2ccccc2)c2cccc5c2B4c2ccccc2N5c2ccccc2)B2c4ccccc4N(c4ccccc4)c4cccc(c42)N3c2ccccc2)cc1. The summed E-state index contributed by atoms with van der Waals surface area (Å²) in [6.07, 6.45) is 0. The van der Waals surface area contributed by atoms with Gasteiger partial charge in [0.1, 0.15) is 11.5 Å². The fourth-order valence-corrected chi connectivity index (χ4v) is 17.2. The third kappa shape index (κ3) is 7.05. The Labute approximate surface area is 539 Å². The van der Waals surface area contributed by atoms with Crippen LogP contribution >= 0.6 is 0 Å². The van der Waals surface area contributed by atoms with Gasteiger partial charge in [-0.25, -0.2) is 0 Å². The quantitative estimate of drug-likeness (QED) is 0.126. The molecule has 15 aromatic rings. The first-order valence-electron chi connectivity index (χ1n) is 32.3. The van der Waals surface area contributed by atoms with E-state index in [1.165, 1.54) is 116 Å². The van der Waals surface area contributed by atoms with E-state index in [0.717, 1.165) is 62.2 Å². The Hall–Kier alpha value is -11.9. The summed E-state index contributed by atoms with van der Waals surface area (Å²) in [4.78, 5) is 12.5. The summed E-state index contributed by atoms with van der Waals surface area (Å²) in [5, 5.41) is 7.12. The van der Waals surface area contributed by atoms with Gasteiger partial charge in [0, 0.05) is 85.3 Å². The van der Waals surface area contributed by atoms with Crippen molar-refractivity contribution in [3.8, 4) is 11.5 Å². The average Bonchev–Trinajstić information content (AvgIpc) is 0.697. The van der Waals surface area contributed by atoms with Crippen LogP contribution in [0.3, 0.4) is 0 Å². The van der Waals surface area contributed by atoms with Crippen LogP contribution < -0.4 is 78.4 Å². The highest BCUT2D eigenvalue weighted by molar-refractivity contribution is 7.02. The van der Waals surface area contributed by atoms with E-state index in [9.17, 15) is 0 Å². The van der Waals surface area contributed by atoms with E-state index in [1.54, 1.807) is 0 Å². The van der Waals surface area contributed by atoms with Crippen LogP contribution in [-0.4, -0.2) is 20.1 Å². The molecule has 428 valence electrons. The van der Waals surface area contributed by atoms with Crippen molar-refractivity contribution < 1.29 is 4.74 Å². The molecule has 0 spiro atoms. The van der Waals surface area contributed by atoms with E-state index < -0.39 is 0 Å². The minimum Gasteiger partial charge on any atom is -0.458 e. The number of fused-ring (bicyclic) bond motifs is 18. The molecule has 0 N–H and O–H groups in total. The summed E-state index contributed by atoms with van der Waals surface area (Å²) in [6.45, 7) is -0.289. The Bertz CT molecular complexity index is 5680. The first-order valence-corrected chi connectivity index (χ1v) is 32.3. The second-order valence-corrected chi connectivity index (χ2v) is 25.4. The molecule has 0 aliphatic carbocycles. The molecule has 0 bridgehead atoms. The molecule has 0 aromatic heterocycles. The highest BCUT2D eigenvalue weighted by Gasteiger charge is 2.47. The molecule has 93 heavy (non-hydrogen) atoms. The van der Waals surface area contributed by atoms with Crippen molar-refractivity contribution >= 4 is 187 Å². The van der Waals surface area contributed by atoms with Crippen molar-refractivity contribution in [2.45, 2.75) is 0 Å². The molecule has 9 heteroatoms. The molecule has 0 saturated carbocycles. The van der Waals surface area contributed by atoms with Gasteiger partial charge in [0.2, 0.25) is 0 Å². The minimum absolute atomic E-state index is 0.0910.